The number of nitrogens with one attached hydrogen (secondary N) is 1. The van der Waals surface area contributed by atoms with Crippen molar-refractivity contribution in [1.82, 2.24) is 5.32 Å². The van der Waals surface area contributed by atoms with Crippen LogP contribution < -0.4 is 5.32 Å². The summed E-state index contributed by atoms with van der Waals surface area (Å²) in [6.07, 6.45) is 7.11. The Hall–Kier alpha value is -2.67. The summed E-state index contributed by atoms with van der Waals surface area (Å²) in [7, 11) is 1.55. The number of allylic oxidation sites excluding steroid dienone is 2. The van der Waals surface area contributed by atoms with E-state index in [0.717, 1.165) is 18.4 Å². The highest BCUT2D eigenvalue weighted by atomic mass is 16.6. The fraction of sp³-hybridized carbons (Fsp3) is 0.593. The van der Waals surface area contributed by atoms with Crippen LogP contribution in [-0.2, 0) is 28.6 Å². The van der Waals surface area contributed by atoms with Crippen molar-refractivity contribution in [3.63, 3.8) is 0 Å². The van der Waals surface area contributed by atoms with Gasteiger partial charge in [0, 0.05) is 26.5 Å². The van der Waals surface area contributed by atoms with E-state index in [0.29, 0.717) is 25.9 Å². The molecule has 1 rings (SSSR count). The number of esters is 2. The van der Waals surface area contributed by atoms with E-state index in [-0.39, 0.29) is 36.9 Å². The second-order valence-corrected chi connectivity index (χ2v) is 9.41. The number of hydrogen-bond donors (Lipinski definition) is 1. The maximum absolute atomic E-state index is 12.5. The van der Waals surface area contributed by atoms with Crippen molar-refractivity contribution < 1.29 is 28.6 Å². The summed E-state index contributed by atoms with van der Waals surface area (Å²) in [5.74, 6) is -1.04. The summed E-state index contributed by atoms with van der Waals surface area (Å²) >= 11 is 0. The van der Waals surface area contributed by atoms with Crippen molar-refractivity contribution in [2.45, 2.75) is 71.3 Å². The van der Waals surface area contributed by atoms with Gasteiger partial charge in [-0.25, -0.2) is 0 Å². The Labute approximate surface area is 204 Å². The predicted octanol–water partition coefficient (Wildman–Crippen LogP) is 4.56. The largest absolute Gasteiger partial charge is 0.463 e. The lowest BCUT2D eigenvalue weighted by Gasteiger charge is -2.19. The normalized spacial score (nSPS) is 13.3. The molecular weight excluding hydrogens is 434 g/mol. The number of amides is 1. The molecule has 2 atom stereocenters. The first-order valence-electron chi connectivity index (χ1n) is 12.0. The van der Waals surface area contributed by atoms with Gasteiger partial charge in [-0.3, -0.25) is 14.4 Å². The van der Waals surface area contributed by atoms with E-state index < -0.39 is 11.5 Å². The van der Waals surface area contributed by atoms with Gasteiger partial charge in [0.05, 0.1) is 12.5 Å². The topological polar surface area (TPSA) is 90.9 Å². The number of carbonyl (C=O) groups is 3. The van der Waals surface area contributed by atoms with E-state index in [9.17, 15) is 14.4 Å². The molecule has 0 fully saturated rings. The number of benzene rings is 1. The van der Waals surface area contributed by atoms with Gasteiger partial charge < -0.3 is 19.5 Å². The summed E-state index contributed by atoms with van der Waals surface area (Å²) in [6.45, 7) is 8.29. The number of rotatable bonds is 15. The van der Waals surface area contributed by atoms with Gasteiger partial charge in [0.25, 0.3) is 0 Å². The molecule has 0 aliphatic carbocycles. The molecule has 1 aromatic carbocycles. The Morgan fingerprint density at radius 3 is 2.35 bits per heavy atom. The van der Waals surface area contributed by atoms with Crippen molar-refractivity contribution in [1.29, 1.82) is 0 Å². The van der Waals surface area contributed by atoms with E-state index in [1.54, 1.807) is 7.11 Å². The van der Waals surface area contributed by atoms with Crippen LogP contribution in [0.1, 0.15) is 71.3 Å². The van der Waals surface area contributed by atoms with Crippen LogP contribution in [0.5, 0.6) is 0 Å². The van der Waals surface area contributed by atoms with Gasteiger partial charge in [-0.15, -0.1) is 0 Å². The molecule has 1 amide bonds. The maximum atomic E-state index is 12.5. The van der Waals surface area contributed by atoms with Crippen molar-refractivity contribution in [2.24, 2.45) is 5.92 Å². The first kappa shape index (κ1) is 29.4. The summed E-state index contributed by atoms with van der Waals surface area (Å²) in [4.78, 5) is 36.7. The number of ether oxygens (including phenoxy) is 3. The predicted molar refractivity (Wildman–Crippen MR) is 132 cm³/mol. The maximum Gasteiger partial charge on any atom is 0.315 e. The Balaban J connectivity index is 2.38. The molecule has 0 saturated heterocycles. The molecule has 0 bridgehead atoms. The van der Waals surface area contributed by atoms with Gasteiger partial charge in [0.15, 0.2) is 0 Å². The highest BCUT2D eigenvalue weighted by molar-refractivity contribution is 5.81. The van der Waals surface area contributed by atoms with Crippen molar-refractivity contribution in [2.75, 3.05) is 26.9 Å². The molecule has 2 unspecified atom stereocenters. The van der Waals surface area contributed by atoms with E-state index in [4.69, 9.17) is 14.2 Å². The van der Waals surface area contributed by atoms with Crippen LogP contribution in [0.15, 0.2) is 42.5 Å². The minimum Gasteiger partial charge on any atom is -0.463 e. The second-order valence-electron chi connectivity index (χ2n) is 9.41. The molecule has 190 valence electrons. The zero-order chi connectivity index (χ0) is 25.4. The van der Waals surface area contributed by atoms with Crippen LogP contribution in [0.4, 0.5) is 0 Å². The Bertz CT molecular complexity index is 769. The second kappa shape index (κ2) is 16.0. The lowest BCUT2D eigenvalue weighted by atomic mass is 9.98. The fourth-order valence-corrected chi connectivity index (χ4v) is 3.27. The van der Waals surface area contributed by atoms with Crippen LogP contribution in [0.25, 0.3) is 0 Å². The highest BCUT2D eigenvalue weighted by Gasteiger charge is 2.23. The minimum atomic E-state index is -0.565. The van der Waals surface area contributed by atoms with Crippen molar-refractivity contribution in [3.05, 3.63) is 48.0 Å². The van der Waals surface area contributed by atoms with Crippen LogP contribution in [0.3, 0.4) is 0 Å². The molecule has 0 radical (unpaired) electrons. The summed E-state index contributed by atoms with van der Waals surface area (Å²) < 4.78 is 15.5. The Morgan fingerprint density at radius 1 is 1.03 bits per heavy atom. The summed E-state index contributed by atoms with van der Waals surface area (Å²) in [6, 6.07) is 9.30. The zero-order valence-corrected chi connectivity index (χ0v) is 21.3. The van der Waals surface area contributed by atoms with E-state index >= 15 is 0 Å². The molecule has 0 aromatic heterocycles. The van der Waals surface area contributed by atoms with E-state index in [1.807, 2.05) is 70.2 Å². The lowest BCUT2D eigenvalue weighted by molar-refractivity contribution is -0.154. The third-order valence-electron chi connectivity index (χ3n) is 4.98. The van der Waals surface area contributed by atoms with Crippen LogP contribution >= 0.6 is 0 Å². The van der Waals surface area contributed by atoms with Gasteiger partial charge in [-0.2, -0.15) is 0 Å². The first-order valence-corrected chi connectivity index (χ1v) is 12.0. The zero-order valence-electron chi connectivity index (χ0n) is 21.3. The van der Waals surface area contributed by atoms with Gasteiger partial charge in [0.2, 0.25) is 5.91 Å². The first-order chi connectivity index (χ1) is 16.1. The molecular formula is C27H41NO6. The van der Waals surface area contributed by atoms with Gasteiger partial charge in [-0.1, -0.05) is 49.4 Å². The Morgan fingerprint density at radius 2 is 1.71 bits per heavy atom. The summed E-state index contributed by atoms with van der Waals surface area (Å²) in [5, 5.41) is 2.88. The molecule has 34 heavy (non-hydrogen) atoms. The van der Waals surface area contributed by atoms with Crippen LogP contribution in [0.2, 0.25) is 0 Å². The average Bonchev–Trinajstić information content (AvgIpc) is 2.76. The molecule has 1 N–H and O–H groups in total. The molecule has 0 spiro atoms. The lowest BCUT2D eigenvalue weighted by Crippen LogP contribution is -2.33. The fourth-order valence-electron chi connectivity index (χ4n) is 3.27. The Kier molecular flexibility index (Phi) is 13.9. The molecule has 0 aliphatic heterocycles. The van der Waals surface area contributed by atoms with E-state index in [1.165, 1.54) is 0 Å². The van der Waals surface area contributed by atoms with Crippen molar-refractivity contribution >= 4 is 17.8 Å². The highest BCUT2D eigenvalue weighted by Crippen LogP contribution is 2.17. The third kappa shape index (κ3) is 13.8. The minimum absolute atomic E-state index is 0.0907. The van der Waals surface area contributed by atoms with E-state index in [2.05, 4.69) is 5.32 Å². The molecule has 1 aromatic rings. The molecule has 0 aliphatic rings. The van der Waals surface area contributed by atoms with Gasteiger partial charge in [-0.05, 0) is 51.5 Å². The molecule has 0 heterocycles. The smallest absolute Gasteiger partial charge is 0.315 e. The van der Waals surface area contributed by atoms with Crippen molar-refractivity contribution in [3.8, 4) is 0 Å². The molecule has 0 saturated carbocycles. The summed E-state index contributed by atoms with van der Waals surface area (Å²) in [5.41, 5.74) is 0.345. The monoisotopic (exact) mass is 475 g/mol. The number of methoxy groups -OCH3 is 1. The van der Waals surface area contributed by atoms with Crippen LogP contribution in [-0.4, -0.2) is 50.3 Å². The average molecular weight is 476 g/mol. The SMILES string of the molecule is COCCOC(=O)C(CNC(=O)CC(C)CCC=CCCC(=O)OC(C)(C)C)c1ccccc1. The standard InChI is InChI=1S/C27H41NO6/c1-21(13-9-6-7-12-16-25(30)34-27(2,3)4)19-24(29)28-20-23(22-14-10-8-11-15-22)26(31)33-18-17-32-5/h6-8,10-11,14-15,21,23H,9,12-13,16-20H2,1-5H3,(H,28,29). The quantitative estimate of drug-likeness (QED) is 0.227. The van der Waals surface area contributed by atoms with Crippen LogP contribution in [0, 0.1) is 5.92 Å². The van der Waals surface area contributed by atoms with Gasteiger partial charge >= 0.3 is 11.9 Å². The molecule has 7 nitrogen and oxygen atoms in total. The number of carbonyl (C=O) groups excluding carboxylic acids is 3. The molecule has 7 heteroatoms. The van der Waals surface area contributed by atoms with Gasteiger partial charge in [0.1, 0.15) is 12.2 Å². The number of hydrogen-bond acceptors (Lipinski definition) is 6. The third-order valence-corrected chi connectivity index (χ3v) is 4.98.